The summed E-state index contributed by atoms with van der Waals surface area (Å²) in [6.45, 7) is 2.08. The monoisotopic (exact) mass is 436 g/mol. The third kappa shape index (κ3) is 3.88. The summed E-state index contributed by atoms with van der Waals surface area (Å²) < 4.78 is 1.84. The van der Waals surface area contributed by atoms with Crippen LogP contribution >= 0.6 is 22.9 Å². The summed E-state index contributed by atoms with van der Waals surface area (Å²) in [4.78, 5) is 16.8. The van der Waals surface area contributed by atoms with Crippen molar-refractivity contribution in [2.75, 3.05) is 0 Å². The van der Waals surface area contributed by atoms with Crippen LogP contribution < -0.4 is 5.73 Å². The smallest absolute Gasteiger partial charge is 0.249 e. The van der Waals surface area contributed by atoms with Crippen molar-refractivity contribution in [2.45, 2.75) is 19.8 Å². The van der Waals surface area contributed by atoms with Gasteiger partial charge in [-0.3, -0.25) is 9.48 Å². The van der Waals surface area contributed by atoms with Crippen LogP contribution in [0.2, 0.25) is 5.02 Å². The summed E-state index contributed by atoms with van der Waals surface area (Å²) in [5.41, 5.74) is 11.9. The number of carbonyl (C=O) groups excluding carboxylic acids is 1. The van der Waals surface area contributed by atoms with Crippen molar-refractivity contribution in [3.8, 4) is 21.8 Å². The maximum absolute atomic E-state index is 12.0. The first-order valence-corrected chi connectivity index (χ1v) is 10.9. The van der Waals surface area contributed by atoms with Gasteiger partial charge in [0.1, 0.15) is 5.01 Å². The van der Waals surface area contributed by atoms with E-state index in [9.17, 15) is 4.79 Å². The molecule has 7 heteroatoms. The molecule has 0 spiro atoms. The molecule has 4 aromatic rings. The van der Waals surface area contributed by atoms with E-state index >= 15 is 0 Å². The van der Waals surface area contributed by atoms with Crippen molar-refractivity contribution in [1.82, 2.24) is 14.8 Å². The van der Waals surface area contributed by atoms with Gasteiger partial charge >= 0.3 is 0 Å². The fourth-order valence-electron chi connectivity index (χ4n) is 3.63. The summed E-state index contributed by atoms with van der Waals surface area (Å²) >= 11 is 7.60. The Balaban J connectivity index is 1.76. The van der Waals surface area contributed by atoms with Gasteiger partial charge < -0.3 is 5.73 Å². The summed E-state index contributed by atoms with van der Waals surface area (Å²) in [6, 6.07) is 15.1. The lowest BCUT2D eigenvalue weighted by Crippen LogP contribution is -2.13. The van der Waals surface area contributed by atoms with E-state index in [0.717, 1.165) is 45.2 Å². The van der Waals surface area contributed by atoms with Gasteiger partial charge in [-0.1, -0.05) is 48.9 Å². The maximum Gasteiger partial charge on any atom is 0.249 e. The quantitative estimate of drug-likeness (QED) is 0.456. The number of halogens is 1. The highest BCUT2D eigenvalue weighted by Crippen LogP contribution is 2.32. The summed E-state index contributed by atoms with van der Waals surface area (Å²) in [7, 11) is 1.90. The zero-order chi connectivity index (χ0) is 21.3. The minimum absolute atomic E-state index is 0.450. The van der Waals surface area contributed by atoms with Crippen LogP contribution in [0, 0.1) is 0 Å². The van der Waals surface area contributed by atoms with Crippen LogP contribution in [0.1, 0.15) is 34.2 Å². The molecule has 0 fully saturated rings. The van der Waals surface area contributed by atoms with Gasteiger partial charge in [-0.25, -0.2) is 4.98 Å². The molecule has 2 heterocycles. The van der Waals surface area contributed by atoms with Crippen LogP contribution in [-0.4, -0.2) is 20.7 Å². The van der Waals surface area contributed by atoms with Gasteiger partial charge in [0.2, 0.25) is 5.91 Å². The largest absolute Gasteiger partial charge is 0.366 e. The van der Waals surface area contributed by atoms with E-state index in [1.165, 1.54) is 0 Å². The highest BCUT2D eigenvalue weighted by Gasteiger charge is 2.21. The Morgan fingerprint density at radius 3 is 2.60 bits per heavy atom. The zero-order valence-electron chi connectivity index (χ0n) is 16.7. The summed E-state index contributed by atoms with van der Waals surface area (Å²) in [5, 5.41) is 8.42. The molecule has 0 aliphatic rings. The molecule has 0 saturated carbocycles. The highest BCUT2D eigenvalue weighted by molar-refractivity contribution is 7.13. The lowest BCUT2D eigenvalue weighted by Gasteiger charge is -2.10. The van der Waals surface area contributed by atoms with E-state index in [1.54, 1.807) is 17.4 Å². The molecule has 1 amide bonds. The molecule has 0 radical (unpaired) electrons. The number of nitrogens with zero attached hydrogens (tertiary/aromatic N) is 3. The molecule has 152 valence electrons. The second-order valence-corrected chi connectivity index (χ2v) is 8.28. The first-order valence-electron chi connectivity index (χ1n) is 9.62. The maximum atomic E-state index is 12.0. The van der Waals surface area contributed by atoms with Crippen LogP contribution in [0.4, 0.5) is 0 Å². The molecule has 2 N–H and O–H groups in total. The van der Waals surface area contributed by atoms with Crippen molar-refractivity contribution >= 4 is 28.8 Å². The second-order valence-electron chi connectivity index (χ2n) is 6.99. The minimum Gasteiger partial charge on any atom is -0.366 e. The third-order valence-corrected chi connectivity index (χ3v) is 6.20. The van der Waals surface area contributed by atoms with E-state index in [-0.39, 0.29) is 0 Å². The van der Waals surface area contributed by atoms with Crippen LogP contribution in [0.5, 0.6) is 0 Å². The molecule has 5 nitrogen and oxygen atoms in total. The Labute approximate surface area is 184 Å². The van der Waals surface area contributed by atoms with Crippen LogP contribution in [0.25, 0.3) is 21.8 Å². The average Bonchev–Trinajstić information content (AvgIpc) is 3.33. The summed E-state index contributed by atoms with van der Waals surface area (Å²) in [6.07, 6.45) is 1.42. The van der Waals surface area contributed by atoms with Gasteiger partial charge in [0, 0.05) is 46.1 Å². The molecule has 30 heavy (non-hydrogen) atoms. The van der Waals surface area contributed by atoms with E-state index in [2.05, 4.69) is 12.3 Å². The van der Waals surface area contributed by atoms with Crippen LogP contribution in [0.15, 0.2) is 53.9 Å². The molecule has 2 aromatic carbocycles. The third-order valence-electron chi connectivity index (χ3n) is 5.01. The molecule has 0 bridgehead atoms. The Morgan fingerprint density at radius 2 is 1.90 bits per heavy atom. The molecule has 0 unspecified atom stereocenters. The van der Waals surface area contributed by atoms with Gasteiger partial charge in [0.05, 0.1) is 17.1 Å². The number of nitrogens with two attached hydrogens (primary N) is 1. The first kappa shape index (κ1) is 20.3. The fraction of sp³-hybridized carbons (Fsp3) is 0.174. The Morgan fingerprint density at radius 1 is 1.17 bits per heavy atom. The van der Waals surface area contributed by atoms with Gasteiger partial charge in [0.25, 0.3) is 0 Å². The Bertz CT molecular complexity index is 1210. The van der Waals surface area contributed by atoms with Gasteiger partial charge in [-0.05, 0) is 24.6 Å². The molecule has 4 rings (SSSR count). The van der Waals surface area contributed by atoms with Gasteiger partial charge in [-0.15, -0.1) is 11.3 Å². The van der Waals surface area contributed by atoms with E-state index in [1.807, 2.05) is 54.2 Å². The van der Waals surface area contributed by atoms with Crippen LogP contribution in [0.3, 0.4) is 0 Å². The first-order chi connectivity index (χ1) is 14.5. The number of hydrogen-bond acceptors (Lipinski definition) is 4. The molecule has 0 aliphatic heterocycles. The fourth-order valence-corrected chi connectivity index (χ4v) is 4.58. The van der Waals surface area contributed by atoms with Crippen molar-refractivity contribution < 1.29 is 4.79 Å². The van der Waals surface area contributed by atoms with E-state index in [0.29, 0.717) is 17.0 Å². The highest BCUT2D eigenvalue weighted by atomic mass is 35.5. The number of amides is 1. The Kier molecular flexibility index (Phi) is 5.70. The predicted octanol–water partition coefficient (Wildman–Crippen LogP) is 5.12. The number of thiazole rings is 1. The second kappa shape index (κ2) is 8.42. The van der Waals surface area contributed by atoms with Crippen molar-refractivity contribution in [2.24, 2.45) is 12.8 Å². The number of rotatable bonds is 6. The number of aromatic nitrogens is 3. The van der Waals surface area contributed by atoms with Gasteiger partial charge in [0.15, 0.2) is 0 Å². The van der Waals surface area contributed by atoms with Crippen molar-refractivity contribution in [1.29, 1.82) is 0 Å². The zero-order valence-corrected chi connectivity index (χ0v) is 18.3. The SMILES string of the molecule is CCc1nn(C)c(-c2ccccc2C(N)=O)c1Cc1csc(-c2ccc(Cl)cc2)n1. The topological polar surface area (TPSA) is 73.8 Å². The van der Waals surface area contributed by atoms with Gasteiger partial charge in [-0.2, -0.15) is 5.10 Å². The van der Waals surface area contributed by atoms with Crippen LogP contribution in [-0.2, 0) is 19.9 Å². The number of benzene rings is 2. The summed E-state index contributed by atoms with van der Waals surface area (Å²) in [5.74, 6) is -0.450. The molecule has 2 aromatic heterocycles. The number of aryl methyl sites for hydroxylation is 2. The molecule has 0 saturated heterocycles. The van der Waals surface area contributed by atoms with E-state index in [4.69, 9.17) is 27.4 Å². The number of hydrogen-bond donors (Lipinski definition) is 1. The van der Waals surface area contributed by atoms with Crippen molar-refractivity contribution in [3.63, 3.8) is 0 Å². The lowest BCUT2D eigenvalue weighted by molar-refractivity contribution is 0.100. The number of primary amides is 1. The molecular weight excluding hydrogens is 416 g/mol. The molecule has 0 atom stereocenters. The van der Waals surface area contributed by atoms with E-state index < -0.39 is 5.91 Å². The minimum atomic E-state index is -0.450. The molecule has 0 aliphatic carbocycles. The Hall–Kier alpha value is -2.96. The van der Waals surface area contributed by atoms with Crippen molar-refractivity contribution in [3.05, 3.63) is 81.4 Å². The normalized spacial score (nSPS) is 11.0. The predicted molar refractivity (Wildman–Crippen MR) is 122 cm³/mol. The average molecular weight is 437 g/mol. The lowest BCUT2D eigenvalue weighted by atomic mass is 9.97. The standard InChI is InChI=1S/C23H21ClN4OS/c1-3-20-19(12-16-13-30-23(26-16)14-8-10-15(24)11-9-14)21(28(2)27-20)17-6-4-5-7-18(17)22(25)29/h4-11,13H,3,12H2,1-2H3,(H2,25,29). The molecular formula is C23H21ClN4OS. The number of carbonyl (C=O) groups is 1.